The highest BCUT2D eigenvalue weighted by Crippen LogP contribution is 2.17. The zero-order chi connectivity index (χ0) is 14.5. The maximum atomic E-state index is 13.4. The van der Waals surface area contributed by atoms with E-state index >= 15 is 0 Å². The molecule has 0 aliphatic carbocycles. The fourth-order valence-electron chi connectivity index (χ4n) is 1.67. The summed E-state index contributed by atoms with van der Waals surface area (Å²) >= 11 is 0. The van der Waals surface area contributed by atoms with Crippen molar-refractivity contribution in [1.82, 2.24) is 0 Å². The van der Waals surface area contributed by atoms with Gasteiger partial charge in [-0.3, -0.25) is 0 Å². The van der Waals surface area contributed by atoms with Crippen LogP contribution in [-0.4, -0.2) is 10.9 Å². The first-order chi connectivity index (χ1) is 9.60. The van der Waals surface area contributed by atoms with Gasteiger partial charge in [0.1, 0.15) is 24.0 Å². The lowest BCUT2D eigenvalue weighted by Crippen LogP contribution is -2.00. The third-order valence-electron chi connectivity index (χ3n) is 2.81. The normalized spacial score (nSPS) is 11.4. The molecule has 0 atom stereocenters. The van der Waals surface area contributed by atoms with E-state index in [1.54, 1.807) is 31.2 Å². The second-order valence-corrected chi connectivity index (χ2v) is 4.24. The van der Waals surface area contributed by atoms with Crippen molar-refractivity contribution in [3.63, 3.8) is 0 Å². The van der Waals surface area contributed by atoms with Gasteiger partial charge in [0.15, 0.2) is 0 Å². The fraction of sp³-hybridized carbons (Fsp3) is 0.133. The number of benzene rings is 2. The molecule has 0 radical (unpaired) electrons. The molecule has 0 heterocycles. The van der Waals surface area contributed by atoms with Crippen molar-refractivity contribution in [3.05, 3.63) is 65.2 Å². The molecule has 0 saturated carbocycles. The molecule has 0 saturated heterocycles. The Bertz CT molecular complexity index is 642. The van der Waals surface area contributed by atoms with Gasteiger partial charge in [0.25, 0.3) is 0 Å². The average molecular weight is 277 g/mol. The first kappa shape index (κ1) is 14.0. The molecule has 0 unspecified atom stereocenters. The number of hydrogen-bond acceptors (Lipinski definition) is 3. The largest absolute Gasteiger partial charge is 0.489 e. The minimum absolute atomic E-state index is 0.00905. The van der Waals surface area contributed by atoms with Crippen molar-refractivity contribution in [2.75, 3.05) is 0 Å². The second-order valence-electron chi connectivity index (χ2n) is 4.24. The summed E-state index contributed by atoms with van der Waals surface area (Å²) in [4.78, 5) is 0. The van der Waals surface area contributed by atoms with E-state index in [4.69, 9.17) is 9.94 Å². The number of hydrogen-bond donors (Lipinski definition) is 1. The summed E-state index contributed by atoms with van der Waals surface area (Å²) in [6.07, 6.45) is 0. The summed E-state index contributed by atoms with van der Waals surface area (Å²) < 4.78 is 31.7. The molecule has 5 heteroatoms. The molecule has 3 nitrogen and oxygen atoms in total. The standard InChI is InChI=1S/C15H13F2NO2/c1-10(18-19)11-3-2-4-14(7-11)20-9-12-5-6-13(16)8-15(12)17/h2-8,19H,9H2,1H3. The van der Waals surface area contributed by atoms with Crippen LogP contribution in [0.25, 0.3) is 0 Å². The van der Waals surface area contributed by atoms with Crippen LogP contribution in [0.3, 0.4) is 0 Å². The highest BCUT2D eigenvalue weighted by molar-refractivity contribution is 5.98. The average Bonchev–Trinajstić information content (AvgIpc) is 2.46. The zero-order valence-electron chi connectivity index (χ0n) is 10.8. The SMILES string of the molecule is CC(=NO)c1cccc(OCc2ccc(F)cc2F)c1. The molecule has 104 valence electrons. The fourth-order valence-corrected chi connectivity index (χ4v) is 1.67. The molecule has 0 aromatic heterocycles. The van der Waals surface area contributed by atoms with Crippen molar-refractivity contribution in [1.29, 1.82) is 0 Å². The van der Waals surface area contributed by atoms with Gasteiger partial charge in [-0.15, -0.1) is 0 Å². The van der Waals surface area contributed by atoms with Crippen molar-refractivity contribution >= 4 is 5.71 Å². The molecule has 0 amide bonds. The summed E-state index contributed by atoms with van der Waals surface area (Å²) in [5, 5.41) is 11.8. The van der Waals surface area contributed by atoms with E-state index in [9.17, 15) is 8.78 Å². The second kappa shape index (κ2) is 6.14. The van der Waals surface area contributed by atoms with Crippen molar-refractivity contribution in [3.8, 4) is 5.75 Å². The van der Waals surface area contributed by atoms with Crippen LogP contribution in [0.15, 0.2) is 47.6 Å². The summed E-state index contributed by atoms with van der Waals surface area (Å²) in [7, 11) is 0. The molecule has 2 aromatic rings. The van der Waals surface area contributed by atoms with E-state index in [1.165, 1.54) is 12.1 Å². The van der Waals surface area contributed by atoms with Crippen molar-refractivity contribution < 1.29 is 18.7 Å². The van der Waals surface area contributed by atoms with E-state index in [0.717, 1.165) is 6.07 Å². The molecule has 20 heavy (non-hydrogen) atoms. The van der Waals surface area contributed by atoms with Gasteiger partial charge in [-0.25, -0.2) is 8.78 Å². The van der Waals surface area contributed by atoms with Gasteiger partial charge in [0.2, 0.25) is 0 Å². The Morgan fingerprint density at radius 1 is 1.20 bits per heavy atom. The monoisotopic (exact) mass is 277 g/mol. The molecule has 0 spiro atoms. The lowest BCUT2D eigenvalue weighted by atomic mass is 10.1. The van der Waals surface area contributed by atoms with Crippen molar-refractivity contribution in [2.24, 2.45) is 5.16 Å². The van der Waals surface area contributed by atoms with Gasteiger partial charge < -0.3 is 9.94 Å². The molecule has 0 aliphatic rings. The number of rotatable bonds is 4. The number of halogens is 2. The molecule has 2 aromatic carbocycles. The van der Waals surface area contributed by atoms with Crippen molar-refractivity contribution in [2.45, 2.75) is 13.5 Å². The van der Waals surface area contributed by atoms with Gasteiger partial charge >= 0.3 is 0 Å². The van der Waals surface area contributed by atoms with Crippen LogP contribution in [0.4, 0.5) is 8.78 Å². The van der Waals surface area contributed by atoms with Gasteiger partial charge in [-0.2, -0.15) is 0 Å². The Labute approximate surface area is 115 Å². The summed E-state index contributed by atoms with van der Waals surface area (Å²) in [6.45, 7) is 1.64. The Morgan fingerprint density at radius 3 is 2.70 bits per heavy atom. The Kier molecular flexibility index (Phi) is 4.30. The summed E-state index contributed by atoms with van der Waals surface area (Å²) in [5.41, 5.74) is 1.41. The van der Waals surface area contributed by atoms with Crippen LogP contribution >= 0.6 is 0 Å². The zero-order valence-corrected chi connectivity index (χ0v) is 10.8. The minimum atomic E-state index is -0.644. The van der Waals surface area contributed by atoms with Gasteiger partial charge in [-0.05, 0) is 31.2 Å². The van der Waals surface area contributed by atoms with Gasteiger partial charge in [0, 0.05) is 17.2 Å². The van der Waals surface area contributed by atoms with E-state index in [2.05, 4.69) is 5.16 Å². The highest BCUT2D eigenvalue weighted by Gasteiger charge is 2.05. The third kappa shape index (κ3) is 3.32. The summed E-state index contributed by atoms with van der Waals surface area (Å²) in [6, 6.07) is 10.2. The molecule has 0 fully saturated rings. The van der Waals surface area contributed by atoms with Crippen LogP contribution < -0.4 is 4.74 Å². The van der Waals surface area contributed by atoms with E-state index in [1.807, 2.05) is 0 Å². The molecule has 0 aliphatic heterocycles. The number of ether oxygens (including phenoxy) is 1. The topological polar surface area (TPSA) is 41.8 Å². The maximum Gasteiger partial charge on any atom is 0.132 e. The van der Waals surface area contributed by atoms with E-state index in [-0.39, 0.29) is 12.2 Å². The lowest BCUT2D eigenvalue weighted by molar-refractivity contribution is 0.299. The number of nitrogens with zero attached hydrogens (tertiary/aromatic N) is 1. The van der Waals surface area contributed by atoms with Gasteiger partial charge in [-0.1, -0.05) is 17.3 Å². The van der Waals surface area contributed by atoms with Crippen LogP contribution in [0.1, 0.15) is 18.1 Å². The third-order valence-corrected chi connectivity index (χ3v) is 2.81. The predicted molar refractivity (Wildman–Crippen MR) is 71.1 cm³/mol. The lowest BCUT2D eigenvalue weighted by Gasteiger charge is -2.08. The predicted octanol–water partition coefficient (Wildman–Crippen LogP) is 3.74. The van der Waals surface area contributed by atoms with Gasteiger partial charge in [0.05, 0.1) is 5.71 Å². The first-order valence-corrected chi connectivity index (χ1v) is 5.96. The quantitative estimate of drug-likeness (QED) is 0.525. The molecule has 2 rings (SSSR count). The van der Waals surface area contributed by atoms with E-state index in [0.29, 0.717) is 17.0 Å². The van der Waals surface area contributed by atoms with Crippen LogP contribution in [0.2, 0.25) is 0 Å². The highest BCUT2D eigenvalue weighted by atomic mass is 19.1. The minimum Gasteiger partial charge on any atom is -0.489 e. The number of oxime groups is 1. The van der Waals surface area contributed by atoms with Crippen LogP contribution in [-0.2, 0) is 6.61 Å². The Morgan fingerprint density at radius 2 is 2.00 bits per heavy atom. The smallest absolute Gasteiger partial charge is 0.132 e. The van der Waals surface area contributed by atoms with E-state index < -0.39 is 11.6 Å². The first-order valence-electron chi connectivity index (χ1n) is 5.96. The molecular weight excluding hydrogens is 264 g/mol. The van der Waals surface area contributed by atoms with Crippen LogP contribution in [0, 0.1) is 11.6 Å². The van der Waals surface area contributed by atoms with Crippen LogP contribution in [0.5, 0.6) is 5.75 Å². The Balaban J connectivity index is 2.11. The summed E-state index contributed by atoms with van der Waals surface area (Å²) in [5.74, 6) is -0.758. The molecule has 1 N–H and O–H groups in total. The Hall–Kier alpha value is -2.43. The molecule has 0 bridgehead atoms. The maximum absolute atomic E-state index is 13.4. The molecular formula is C15H13F2NO2.